The van der Waals surface area contributed by atoms with Gasteiger partial charge in [0, 0.05) is 24.0 Å². The van der Waals surface area contributed by atoms with Crippen molar-refractivity contribution in [3.8, 4) is 11.5 Å². The SMILES string of the molecule is O=C(CSc1nnc(-c2ccncc2)o1)N/N=C/c1ccccc1[N+](=O)[O-]. The molecule has 0 aliphatic rings. The van der Waals surface area contributed by atoms with Crippen LogP contribution in [0, 0.1) is 10.1 Å². The van der Waals surface area contributed by atoms with Crippen LogP contribution in [0.15, 0.2) is 63.5 Å². The maximum Gasteiger partial charge on any atom is 0.278 e. The molecule has 2 heterocycles. The number of hydrazone groups is 1. The van der Waals surface area contributed by atoms with Gasteiger partial charge in [0.2, 0.25) is 5.89 Å². The molecule has 3 aromatic rings. The maximum absolute atomic E-state index is 11.8. The fraction of sp³-hybridized carbons (Fsp3) is 0.0625. The zero-order valence-corrected chi connectivity index (χ0v) is 14.5. The Labute approximate surface area is 156 Å². The summed E-state index contributed by atoms with van der Waals surface area (Å²) in [6.45, 7) is 0. The molecule has 2 aromatic heterocycles. The Bertz CT molecular complexity index is 976. The van der Waals surface area contributed by atoms with Gasteiger partial charge in [-0.3, -0.25) is 19.9 Å². The average Bonchev–Trinajstić information content (AvgIpc) is 3.16. The number of rotatable bonds is 7. The first-order valence-corrected chi connectivity index (χ1v) is 8.54. The molecule has 1 amide bonds. The van der Waals surface area contributed by atoms with Gasteiger partial charge in [-0.25, -0.2) is 5.43 Å². The Hall–Kier alpha value is -3.60. The summed E-state index contributed by atoms with van der Waals surface area (Å²) in [7, 11) is 0. The van der Waals surface area contributed by atoms with Gasteiger partial charge in [0.25, 0.3) is 16.8 Å². The van der Waals surface area contributed by atoms with Crippen molar-refractivity contribution in [2.24, 2.45) is 5.10 Å². The number of pyridine rings is 1. The first-order valence-electron chi connectivity index (χ1n) is 7.55. The summed E-state index contributed by atoms with van der Waals surface area (Å²) in [5.74, 6) is -0.0974. The van der Waals surface area contributed by atoms with E-state index < -0.39 is 10.8 Å². The van der Waals surface area contributed by atoms with Crippen LogP contribution >= 0.6 is 11.8 Å². The van der Waals surface area contributed by atoms with Gasteiger partial charge in [-0.1, -0.05) is 23.9 Å². The maximum atomic E-state index is 11.8. The van der Waals surface area contributed by atoms with Gasteiger partial charge in [0.1, 0.15) is 0 Å². The lowest BCUT2D eigenvalue weighted by atomic mass is 10.2. The van der Waals surface area contributed by atoms with E-state index in [1.54, 1.807) is 36.7 Å². The van der Waals surface area contributed by atoms with E-state index >= 15 is 0 Å². The van der Waals surface area contributed by atoms with Gasteiger partial charge >= 0.3 is 0 Å². The number of hydrogen-bond donors (Lipinski definition) is 1. The number of para-hydroxylation sites is 1. The summed E-state index contributed by atoms with van der Waals surface area (Å²) in [6, 6.07) is 9.53. The van der Waals surface area contributed by atoms with Crippen LogP contribution in [-0.4, -0.2) is 38.0 Å². The summed E-state index contributed by atoms with van der Waals surface area (Å²) < 4.78 is 5.46. The van der Waals surface area contributed by atoms with Crippen molar-refractivity contribution in [2.45, 2.75) is 5.22 Å². The first kappa shape index (κ1) is 18.2. The van der Waals surface area contributed by atoms with Crippen LogP contribution in [0.5, 0.6) is 0 Å². The number of aromatic nitrogens is 3. The van der Waals surface area contributed by atoms with Gasteiger partial charge in [-0.2, -0.15) is 5.10 Å². The average molecular weight is 384 g/mol. The highest BCUT2D eigenvalue weighted by Crippen LogP contribution is 2.22. The molecule has 0 bridgehead atoms. The highest BCUT2D eigenvalue weighted by molar-refractivity contribution is 7.99. The van der Waals surface area contributed by atoms with Crippen LogP contribution in [0.1, 0.15) is 5.56 Å². The zero-order valence-electron chi connectivity index (χ0n) is 13.7. The van der Waals surface area contributed by atoms with E-state index in [9.17, 15) is 14.9 Å². The molecule has 0 saturated heterocycles. The lowest BCUT2D eigenvalue weighted by Crippen LogP contribution is -2.19. The van der Waals surface area contributed by atoms with E-state index in [1.165, 1.54) is 18.3 Å². The van der Waals surface area contributed by atoms with Gasteiger partial charge in [0.05, 0.1) is 22.5 Å². The molecule has 1 aromatic carbocycles. The number of carbonyl (C=O) groups is 1. The van der Waals surface area contributed by atoms with E-state index in [2.05, 4.69) is 25.7 Å². The summed E-state index contributed by atoms with van der Waals surface area (Å²) in [5.41, 5.74) is 3.21. The Morgan fingerprint density at radius 3 is 2.81 bits per heavy atom. The van der Waals surface area contributed by atoms with Crippen molar-refractivity contribution in [3.05, 3.63) is 64.5 Å². The summed E-state index contributed by atoms with van der Waals surface area (Å²) in [4.78, 5) is 26.1. The molecular weight excluding hydrogens is 372 g/mol. The van der Waals surface area contributed by atoms with Crippen LogP contribution in [0.4, 0.5) is 5.69 Å². The molecule has 0 aliphatic heterocycles. The predicted octanol–water partition coefficient (Wildman–Crippen LogP) is 2.28. The third-order valence-electron chi connectivity index (χ3n) is 3.19. The molecule has 0 spiro atoms. The van der Waals surface area contributed by atoms with E-state index in [0.29, 0.717) is 5.89 Å². The molecule has 27 heavy (non-hydrogen) atoms. The van der Waals surface area contributed by atoms with Crippen molar-refractivity contribution < 1.29 is 14.1 Å². The summed E-state index contributed by atoms with van der Waals surface area (Å²) in [5, 5.41) is 22.6. The van der Waals surface area contributed by atoms with E-state index in [1.807, 2.05) is 0 Å². The lowest BCUT2D eigenvalue weighted by molar-refractivity contribution is -0.385. The largest absolute Gasteiger partial charge is 0.411 e. The number of carbonyl (C=O) groups excluding carboxylic acids is 1. The number of thioether (sulfide) groups is 1. The van der Waals surface area contributed by atoms with E-state index in [-0.39, 0.29) is 22.2 Å². The fourth-order valence-electron chi connectivity index (χ4n) is 1.98. The van der Waals surface area contributed by atoms with Crippen molar-refractivity contribution in [1.29, 1.82) is 0 Å². The van der Waals surface area contributed by atoms with Crippen LogP contribution in [-0.2, 0) is 4.79 Å². The molecule has 10 nitrogen and oxygen atoms in total. The quantitative estimate of drug-likeness (QED) is 0.283. The molecule has 3 rings (SSSR count). The number of nitro groups is 1. The topological polar surface area (TPSA) is 136 Å². The molecule has 136 valence electrons. The van der Waals surface area contributed by atoms with Crippen molar-refractivity contribution in [3.63, 3.8) is 0 Å². The second kappa shape index (κ2) is 8.67. The Balaban J connectivity index is 1.52. The van der Waals surface area contributed by atoms with E-state index in [4.69, 9.17) is 4.42 Å². The molecule has 0 aliphatic carbocycles. The van der Waals surface area contributed by atoms with Crippen molar-refractivity contribution >= 4 is 29.6 Å². The summed E-state index contributed by atoms with van der Waals surface area (Å²) in [6.07, 6.45) is 4.43. The number of nitro benzene ring substituents is 1. The lowest BCUT2D eigenvalue weighted by Gasteiger charge is -1.98. The minimum atomic E-state index is -0.519. The van der Waals surface area contributed by atoms with Gasteiger partial charge in [0.15, 0.2) is 0 Å². The number of amides is 1. The first-order chi connectivity index (χ1) is 13.1. The molecule has 0 fully saturated rings. The Kier molecular flexibility index (Phi) is 5.84. The monoisotopic (exact) mass is 384 g/mol. The second-order valence-corrected chi connectivity index (χ2v) is 5.93. The minimum Gasteiger partial charge on any atom is -0.411 e. The number of nitrogens with zero attached hydrogens (tertiary/aromatic N) is 5. The standard InChI is InChI=1S/C16H12N6O4S/c23-14(19-18-9-12-3-1-2-4-13(12)22(24)25)10-27-16-21-20-15(26-16)11-5-7-17-8-6-11/h1-9H,10H2,(H,19,23)/b18-9+. The minimum absolute atomic E-state index is 0.00774. The smallest absolute Gasteiger partial charge is 0.278 e. The second-order valence-electron chi connectivity index (χ2n) is 5.01. The third-order valence-corrected chi connectivity index (χ3v) is 4.01. The molecule has 0 radical (unpaired) electrons. The van der Waals surface area contributed by atoms with Crippen molar-refractivity contribution in [1.82, 2.24) is 20.6 Å². The van der Waals surface area contributed by atoms with Crippen LogP contribution in [0.2, 0.25) is 0 Å². The predicted molar refractivity (Wildman–Crippen MR) is 97.1 cm³/mol. The molecule has 0 atom stereocenters. The molecular formula is C16H12N6O4S. The fourth-order valence-corrected chi connectivity index (χ4v) is 2.53. The third kappa shape index (κ3) is 4.95. The summed E-state index contributed by atoms with van der Waals surface area (Å²) >= 11 is 1.05. The van der Waals surface area contributed by atoms with Crippen LogP contribution in [0.3, 0.4) is 0 Å². The number of hydrogen-bond acceptors (Lipinski definition) is 9. The highest BCUT2D eigenvalue weighted by atomic mass is 32.2. The van der Waals surface area contributed by atoms with Crippen LogP contribution < -0.4 is 5.43 Å². The van der Waals surface area contributed by atoms with E-state index in [0.717, 1.165) is 17.3 Å². The molecule has 0 saturated carbocycles. The number of nitrogens with one attached hydrogen (secondary N) is 1. The Morgan fingerprint density at radius 2 is 2.04 bits per heavy atom. The van der Waals surface area contributed by atoms with Gasteiger partial charge in [-0.05, 0) is 18.2 Å². The normalized spacial score (nSPS) is 10.8. The van der Waals surface area contributed by atoms with Gasteiger partial charge in [-0.15, -0.1) is 10.2 Å². The molecule has 11 heteroatoms. The Morgan fingerprint density at radius 1 is 1.26 bits per heavy atom. The molecule has 1 N–H and O–H groups in total. The van der Waals surface area contributed by atoms with Crippen LogP contribution in [0.25, 0.3) is 11.5 Å². The number of benzene rings is 1. The highest BCUT2D eigenvalue weighted by Gasteiger charge is 2.12. The van der Waals surface area contributed by atoms with Gasteiger partial charge < -0.3 is 4.42 Å². The zero-order chi connectivity index (χ0) is 19.1. The van der Waals surface area contributed by atoms with Crippen molar-refractivity contribution in [2.75, 3.05) is 5.75 Å². The molecule has 0 unspecified atom stereocenters.